The number of rotatable bonds is 7. The van der Waals surface area contributed by atoms with E-state index in [9.17, 15) is 14.4 Å². The van der Waals surface area contributed by atoms with Crippen molar-refractivity contribution in [2.75, 3.05) is 19.5 Å². The van der Waals surface area contributed by atoms with E-state index in [1.54, 1.807) is 42.5 Å². The van der Waals surface area contributed by atoms with Crippen LogP contribution in [-0.2, 0) is 16.2 Å². The number of nitrogens with zero attached hydrogens (tertiary/aromatic N) is 2. The summed E-state index contributed by atoms with van der Waals surface area (Å²) in [5.74, 6) is -1.06. The van der Waals surface area contributed by atoms with Crippen molar-refractivity contribution >= 4 is 28.6 Å². The lowest BCUT2D eigenvalue weighted by molar-refractivity contribution is -0.116. The normalized spacial score (nSPS) is 10.8. The Morgan fingerprint density at radius 1 is 1.14 bits per heavy atom. The third-order valence-corrected chi connectivity index (χ3v) is 4.35. The molecule has 3 aromatic rings. The number of anilines is 1. The maximum absolute atomic E-state index is 12.3. The molecule has 1 N–H and O–H groups in total. The van der Waals surface area contributed by atoms with Crippen LogP contribution in [0, 0.1) is 0 Å². The van der Waals surface area contributed by atoms with Crippen LogP contribution in [0.15, 0.2) is 57.7 Å². The molecule has 0 aliphatic rings. The fourth-order valence-corrected chi connectivity index (χ4v) is 2.87. The summed E-state index contributed by atoms with van der Waals surface area (Å²) < 4.78 is 6.69. The van der Waals surface area contributed by atoms with Gasteiger partial charge in [0.15, 0.2) is 5.58 Å². The number of carbonyl (C=O) groups excluding carboxylic acids is 2. The number of aromatic nitrogens is 1. The van der Waals surface area contributed by atoms with Crippen molar-refractivity contribution in [2.24, 2.45) is 0 Å². The zero-order valence-corrected chi connectivity index (χ0v) is 15.7. The van der Waals surface area contributed by atoms with Crippen LogP contribution in [0.3, 0.4) is 0 Å². The molecule has 146 valence electrons. The Morgan fingerprint density at radius 3 is 2.64 bits per heavy atom. The standard InChI is InChI=1S/C20H21N3O5/c1-22(27-2)19(25)14-8-3-4-9-15(14)21-18(24)12-7-13-23-16-10-5-6-11-17(16)28-20(23)26/h3-6,8-11H,7,12-13H2,1-2H3,(H,21,24). The van der Waals surface area contributed by atoms with Crippen LogP contribution < -0.4 is 11.1 Å². The molecule has 0 aliphatic heterocycles. The van der Waals surface area contributed by atoms with Crippen molar-refractivity contribution in [3.63, 3.8) is 0 Å². The maximum atomic E-state index is 12.3. The summed E-state index contributed by atoms with van der Waals surface area (Å²) in [7, 11) is 2.88. The van der Waals surface area contributed by atoms with Crippen LogP contribution in [0.2, 0.25) is 0 Å². The quantitative estimate of drug-likeness (QED) is 0.633. The monoisotopic (exact) mass is 383 g/mol. The Labute approximate surface area is 161 Å². The lowest BCUT2D eigenvalue weighted by Crippen LogP contribution is -2.27. The Balaban J connectivity index is 1.63. The van der Waals surface area contributed by atoms with E-state index in [1.165, 1.54) is 18.7 Å². The average Bonchev–Trinajstić information content (AvgIpc) is 3.02. The fourth-order valence-electron chi connectivity index (χ4n) is 2.87. The highest BCUT2D eigenvalue weighted by Crippen LogP contribution is 2.18. The van der Waals surface area contributed by atoms with Crippen molar-refractivity contribution in [3.05, 3.63) is 64.6 Å². The Kier molecular flexibility index (Phi) is 5.90. The van der Waals surface area contributed by atoms with E-state index < -0.39 is 5.76 Å². The van der Waals surface area contributed by atoms with Gasteiger partial charge in [0.25, 0.3) is 5.91 Å². The summed E-state index contributed by atoms with van der Waals surface area (Å²) in [6, 6.07) is 13.9. The van der Waals surface area contributed by atoms with Gasteiger partial charge in [0.05, 0.1) is 23.9 Å². The minimum atomic E-state index is -0.444. The van der Waals surface area contributed by atoms with E-state index >= 15 is 0 Å². The molecule has 8 heteroatoms. The minimum absolute atomic E-state index is 0.189. The van der Waals surface area contributed by atoms with E-state index in [-0.39, 0.29) is 18.2 Å². The van der Waals surface area contributed by atoms with Crippen LogP contribution in [0.1, 0.15) is 23.2 Å². The van der Waals surface area contributed by atoms with Crippen molar-refractivity contribution in [3.8, 4) is 0 Å². The lowest BCUT2D eigenvalue weighted by Gasteiger charge is -2.16. The molecule has 0 aliphatic carbocycles. The molecule has 2 aromatic carbocycles. The first-order valence-corrected chi connectivity index (χ1v) is 8.80. The van der Waals surface area contributed by atoms with Gasteiger partial charge in [-0.1, -0.05) is 24.3 Å². The number of hydroxylamine groups is 2. The van der Waals surface area contributed by atoms with E-state index in [0.29, 0.717) is 35.3 Å². The van der Waals surface area contributed by atoms with E-state index in [4.69, 9.17) is 9.25 Å². The first-order valence-electron chi connectivity index (χ1n) is 8.80. The second kappa shape index (κ2) is 8.53. The highest BCUT2D eigenvalue weighted by atomic mass is 16.7. The summed E-state index contributed by atoms with van der Waals surface area (Å²) in [5, 5.41) is 3.83. The first kappa shape index (κ1) is 19.4. The molecule has 1 aromatic heterocycles. The first-order chi connectivity index (χ1) is 13.5. The molecule has 0 spiro atoms. The number of hydrogen-bond donors (Lipinski definition) is 1. The van der Waals surface area contributed by atoms with E-state index in [1.807, 2.05) is 6.07 Å². The van der Waals surface area contributed by atoms with Gasteiger partial charge >= 0.3 is 5.76 Å². The molecular weight excluding hydrogens is 362 g/mol. The molecule has 0 saturated heterocycles. The molecule has 0 saturated carbocycles. The molecule has 28 heavy (non-hydrogen) atoms. The molecule has 0 radical (unpaired) electrons. The van der Waals surface area contributed by atoms with Gasteiger partial charge < -0.3 is 9.73 Å². The number of fused-ring (bicyclic) bond motifs is 1. The molecule has 2 amide bonds. The number of aryl methyl sites for hydroxylation is 1. The van der Waals surface area contributed by atoms with Crippen molar-refractivity contribution in [1.29, 1.82) is 0 Å². The smallest absolute Gasteiger partial charge is 0.408 e. The van der Waals surface area contributed by atoms with Gasteiger partial charge in [-0.05, 0) is 30.7 Å². The molecule has 1 heterocycles. The number of carbonyl (C=O) groups is 2. The van der Waals surface area contributed by atoms with Crippen molar-refractivity contribution < 1.29 is 18.8 Å². The van der Waals surface area contributed by atoms with Crippen molar-refractivity contribution in [1.82, 2.24) is 9.63 Å². The number of benzene rings is 2. The SMILES string of the molecule is CON(C)C(=O)c1ccccc1NC(=O)CCCn1c(=O)oc2ccccc21. The van der Waals surface area contributed by atoms with Crippen LogP contribution >= 0.6 is 0 Å². The fraction of sp³-hybridized carbons (Fsp3) is 0.250. The van der Waals surface area contributed by atoms with Gasteiger partial charge in [0, 0.05) is 20.0 Å². The van der Waals surface area contributed by atoms with E-state index in [0.717, 1.165) is 5.06 Å². The Bertz CT molecular complexity index is 1050. The summed E-state index contributed by atoms with van der Waals surface area (Å²) in [4.78, 5) is 41.5. The summed E-state index contributed by atoms with van der Waals surface area (Å²) in [5.41, 5.74) is 1.96. The van der Waals surface area contributed by atoms with Gasteiger partial charge in [-0.15, -0.1) is 0 Å². The minimum Gasteiger partial charge on any atom is -0.408 e. The van der Waals surface area contributed by atoms with Crippen LogP contribution in [0.25, 0.3) is 11.1 Å². The highest BCUT2D eigenvalue weighted by Gasteiger charge is 2.17. The van der Waals surface area contributed by atoms with Crippen molar-refractivity contribution in [2.45, 2.75) is 19.4 Å². The summed E-state index contributed by atoms with van der Waals surface area (Å²) in [6.45, 7) is 0.357. The molecule has 0 fully saturated rings. The largest absolute Gasteiger partial charge is 0.419 e. The number of amides is 2. The second-order valence-electron chi connectivity index (χ2n) is 6.17. The maximum Gasteiger partial charge on any atom is 0.419 e. The highest BCUT2D eigenvalue weighted by molar-refractivity contribution is 6.03. The lowest BCUT2D eigenvalue weighted by atomic mass is 10.1. The van der Waals surface area contributed by atoms with E-state index in [2.05, 4.69) is 5.32 Å². The van der Waals surface area contributed by atoms with Crippen LogP contribution in [0.4, 0.5) is 5.69 Å². The van der Waals surface area contributed by atoms with Crippen LogP contribution in [-0.4, -0.2) is 35.6 Å². The van der Waals surface area contributed by atoms with Crippen LogP contribution in [0.5, 0.6) is 0 Å². The molecule has 8 nitrogen and oxygen atoms in total. The summed E-state index contributed by atoms with van der Waals surface area (Å²) >= 11 is 0. The zero-order chi connectivity index (χ0) is 20.1. The second-order valence-corrected chi connectivity index (χ2v) is 6.17. The van der Waals surface area contributed by atoms with Gasteiger partial charge in [-0.2, -0.15) is 0 Å². The predicted molar refractivity (Wildman–Crippen MR) is 104 cm³/mol. The molecule has 3 rings (SSSR count). The van der Waals surface area contributed by atoms with Gasteiger partial charge in [-0.25, -0.2) is 9.86 Å². The molecule has 0 atom stereocenters. The zero-order valence-electron chi connectivity index (χ0n) is 15.7. The average molecular weight is 383 g/mol. The third kappa shape index (κ3) is 4.12. The predicted octanol–water partition coefficient (Wildman–Crippen LogP) is 2.65. The number of nitrogens with one attached hydrogen (secondary N) is 1. The van der Waals surface area contributed by atoms with Gasteiger partial charge in [0.1, 0.15) is 0 Å². The molecule has 0 bridgehead atoms. The number of hydrogen-bond acceptors (Lipinski definition) is 5. The van der Waals surface area contributed by atoms with Gasteiger partial charge in [0.2, 0.25) is 5.91 Å². The summed E-state index contributed by atoms with van der Waals surface area (Å²) in [6.07, 6.45) is 0.637. The molecule has 0 unspecified atom stereocenters. The number of para-hydroxylation sites is 3. The topological polar surface area (TPSA) is 93.8 Å². The molecular formula is C20H21N3O5. The van der Waals surface area contributed by atoms with Gasteiger partial charge in [-0.3, -0.25) is 19.0 Å². The Morgan fingerprint density at radius 2 is 1.86 bits per heavy atom. The third-order valence-electron chi connectivity index (χ3n) is 4.35. The number of oxazole rings is 1. The Hall–Kier alpha value is -3.39.